The first-order chi connectivity index (χ1) is 19.7. The van der Waals surface area contributed by atoms with Crippen molar-refractivity contribution >= 4 is 34.3 Å². The van der Waals surface area contributed by atoms with Gasteiger partial charge in [-0.15, -0.1) is 13.2 Å². The van der Waals surface area contributed by atoms with Crippen molar-refractivity contribution in [3.8, 4) is 16.9 Å². The summed E-state index contributed by atoms with van der Waals surface area (Å²) in [6.45, 7) is 1.53. The van der Waals surface area contributed by atoms with Gasteiger partial charge in [0.15, 0.2) is 0 Å². The minimum Gasteiger partial charge on any atom is -0.406 e. The Balaban J connectivity index is 1.39. The molecule has 14 heteroatoms. The van der Waals surface area contributed by atoms with Crippen molar-refractivity contribution in [1.29, 1.82) is 0 Å². The first-order valence-corrected chi connectivity index (χ1v) is 12.2. The molecule has 11 nitrogen and oxygen atoms in total. The molecule has 0 unspecified atom stereocenters. The van der Waals surface area contributed by atoms with Gasteiger partial charge in [-0.2, -0.15) is 10.6 Å². The summed E-state index contributed by atoms with van der Waals surface area (Å²) in [4.78, 5) is 30.2. The van der Waals surface area contributed by atoms with E-state index in [1.807, 2.05) is 0 Å². The molecule has 2 amide bonds. The van der Waals surface area contributed by atoms with Crippen molar-refractivity contribution in [2.75, 3.05) is 44.1 Å². The minimum absolute atomic E-state index is 0.111. The summed E-state index contributed by atoms with van der Waals surface area (Å²) in [7, 11) is 1.57. The smallest absolute Gasteiger partial charge is 0.406 e. The van der Waals surface area contributed by atoms with Gasteiger partial charge in [0.1, 0.15) is 5.75 Å². The number of anilines is 2. The number of amides is 2. The zero-order valence-corrected chi connectivity index (χ0v) is 21.7. The third-order valence-electron chi connectivity index (χ3n) is 5.52. The molecule has 3 aromatic carbocycles. The van der Waals surface area contributed by atoms with Crippen LogP contribution in [0.4, 0.5) is 29.3 Å². The lowest BCUT2D eigenvalue weighted by Crippen LogP contribution is -2.24. The van der Waals surface area contributed by atoms with Crippen molar-refractivity contribution in [3.05, 3.63) is 72.4 Å². The highest BCUT2D eigenvalue weighted by molar-refractivity contribution is 6.02. The van der Waals surface area contributed by atoms with E-state index in [2.05, 4.69) is 31.0 Å². The first kappa shape index (κ1) is 29.3. The van der Waals surface area contributed by atoms with Gasteiger partial charge in [-0.3, -0.25) is 5.10 Å². The number of carbonyl (C=O) groups is 2. The number of methoxy groups -OCH3 is 1. The summed E-state index contributed by atoms with van der Waals surface area (Å²) in [5.41, 5.74) is 5.43. The molecule has 0 aliphatic rings. The standard InChI is InChI=1S/C27H26F3N5O6/c1-38-11-12-39-10-9-32-41-25(36)18-13-22(23-16-31-35-24(23)14-18)17-5-7-19(8-6-17)33-26(37)34-20-3-2-4-21(15-20)40-27(28,29)30/h2-8,13-16,32H,9-12H2,1H3,(H,31,35)(H2,33,34,37). The largest absolute Gasteiger partial charge is 0.573 e. The lowest BCUT2D eigenvalue weighted by atomic mass is 9.99. The fraction of sp³-hybridized carbons (Fsp3) is 0.222. The van der Waals surface area contributed by atoms with Crippen LogP contribution in [0.3, 0.4) is 0 Å². The Morgan fingerprint density at radius 3 is 2.49 bits per heavy atom. The number of ether oxygens (including phenoxy) is 3. The molecule has 1 heterocycles. The van der Waals surface area contributed by atoms with E-state index in [1.165, 1.54) is 12.1 Å². The van der Waals surface area contributed by atoms with E-state index >= 15 is 0 Å². The highest BCUT2D eigenvalue weighted by Crippen LogP contribution is 2.31. The van der Waals surface area contributed by atoms with E-state index < -0.39 is 24.1 Å². The molecule has 0 fully saturated rings. The fourth-order valence-electron chi connectivity index (χ4n) is 3.74. The number of fused-ring (bicyclic) bond motifs is 1. The predicted molar refractivity (Wildman–Crippen MR) is 143 cm³/mol. The number of hydrogen-bond acceptors (Lipinski definition) is 8. The maximum Gasteiger partial charge on any atom is 0.573 e. The van der Waals surface area contributed by atoms with Crippen molar-refractivity contribution in [2.24, 2.45) is 0 Å². The number of urea groups is 1. The van der Waals surface area contributed by atoms with Gasteiger partial charge in [0, 0.05) is 29.9 Å². The van der Waals surface area contributed by atoms with Crippen molar-refractivity contribution in [2.45, 2.75) is 6.36 Å². The molecule has 0 radical (unpaired) electrons. The van der Waals surface area contributed by atoms with Crippen molar-refractivity contribution < 1.29 is 41.8 Å². The van der Waals surface area contributed by atoms with Crippen LogP contribution in [0, 0.1) is 0 Å². The second-order valence-electron chi connectivity index (χ2n) is 8.48. The highest BCUT2D eigenvalue weighted by atomic mass is 19.4. The van der Waals surface area contributed by atoms with Crippen molar-refractivity contribution in [1.82, 2.24) is 15.7 Å². The molecule has 216 valence electrons. The molecule has 0 spiro atoms. The van der Waals surface area contributed by atoms with Crippen LogP contribution in [0.5, 0.6) is 5.75 Å². The first-order valence-electron chi connectivity index (χ1n) is 12.2. The minimum atomic E-state index is -4.85. The quantitative estimate of drug-likeness (QED) is 0.136. The Bertz CT molecular complexity index is 1480. The second kappa shape index (κ2) is 13.6. The third kappa shape index (κ3) is 8.66. The Hall–Kier alpha value is -4.66. The molecular formula is C27H26F3N5O6. The molecular weight excluding hydrogens is 547 g/mol. The van der Waals surface area contributed by atoms with E-state index in [9.17, 15) is 22.8 Å². The molecule has 0 bridgehead atoms. The van der Waals surface area contributed by atoms with E-state index in [-0.39, 0.29) is 11.3 Å². The van der Waals surface area contributed by atoms with E-state index in [0.29, 0.717) is 43.1 Å². The van der Waals surface area contributed by atoms with Crippen LogP contribution in [0.2, 0.25) is 0 Å². The Labute approximate surface area is 231 Å². The van der Waals surface area contributed by atoms with Gasteiger partial charge >= 0.3 is 18.4 Å². The molecule has 0 saturated heterocycles. The molecule has 4 N–H and O–H groups in total. The van der Waals surface area contributed by atoms with Gasteiger partial charge < -0.3 is 29.7 Å². The van der Waals surface area contributed by atoms with Crippen LogP contribution < -0.4 is 20.9 Å². The second-order valence-corrected chi connectivity index (χ2v) is 8.48. The van der Waals surface area contributed by atoms with Gasteiger partial charge in [0.05, 0.1) is 43.6 Å². The van der Waals surface area contributed by atoms with Crippen molar-refractivity contribution in [3.63, 3.8) is 0 Å². The normalized spacial score (nSPS) is 11.3. The number of aromatic amines is 1. The average Bonchev–Trinajstić information content (AvgIpc) is 3.40. The molecule has 0 aliphatic heterocycles. The van der Waals surface area contributed by atoms with Crippen LogP contribution >= 0.6 is 0 Å². The topological polar surface area (TPSA) is 136 Å². The van der Waals surface area contributed by atoms with E-state index in [4.69, 9.17) is 14.3 Å². The number of benzene rings is 3. The zero-order valence-electron chi connectivity index (χ0n) is 21.7. The number of carbonyl (C=O) groups excluding carboxylic acids is 2. The van der Waals surface area contributed by atoms with Crippen LogP contribution in [-0.2, 0) is 14.3 Å². The Morgan fingerprint density at radius 1 is 0.951 bits per heavy atom. The molecule has 0 aliphatic carbocycles. The number of nitrogens with zero attached hydrogens (tertiary/aromatic N) is 1. The molecule has 1 aromatic heterocycles. The summed E-state index contributed by atoms with van der Waals surface area (Å²) in [6.07, 6.45) is -3.22. The van der Waals surface area contributed by atoms with Gasteiger partial charge in [-0.25, -0.2) is 9.59 Å². The fourth-order valence-corrected chi connectivity index (χ4v) is 3.74. The maximum atomic E-state index is 12.6. The van der Waals surface area contributed by atoms with Gasteiger partial charge in [0.25, 0.3) is 0 Å². The monoisotopic (exact) mass is 573 g/mol. The SMILES string of the molecule is COCCOCCNOC(=O)c1cc(-c2ccc(NC(=O)Nc3cccc(OC(F)(F)F)c3)cc2)c2cn[nH]c2c1. The Kier molecular flexibility index (Phi) is 9.73. The molecule has 4 aromatic rings. The number of nitrogens with one attached hydrogen (secondary N) is 4. The van der Waals surface area contributed by atoms with Crippen LogP contribution in [0.25, 0.3) is 22.0 Å². The molecule has 41 heavy (non-hydrogen) atoms. The summed E-state index contributed by atoms with van der Waals surface area (Å²) in [5.74, 6) is -1.06. The average molecular weight is 574 g/mol. The van der Waals surface area contributed by atoms with Gasteiger partial charge in [-0.05, 0) is 47.5 Å². The van der Waals surface area contributed by atoms with Crippen LogP contribution in [0.1, 0.15) is 10.4 Å². The third-order valence-corrected chi connectivity index (χ3v) is 5.52. The predicted octanol–water partition coefficient (Wildman–Crippen LogP) is 5.10. The number of hydroxylamine groups is 1. The number of halogens is 3. The zero-order chi connectivity index (χ0) is 29.2. The lowest BCUT2D eigenvalue weighted by molar-refractivity contribution is -0.274. The van der Waals surface area contributed by atoms with Gasteiger partial charge in [-0.1, -0.05) is 18.2 Å². The van der Waals surface area contributed by atoms with Gasteiger partial charge in [0.2, 0.25) is 0 Å². The maximum absolute atomic E-state index is 12.6. The summed E-state index contributed by atoms with van der Waals surface area (Å²) < 4.78 is 51.4. The molecule has 4 rings (SSSR count). The highest BCUT2D eigenvalue weighted by Gasteiger charge is 2.31. The number of alkyl halides is 3. The number of hydrogen-bond donors (Lipinski definition) is 4. The number of H-pyrrole nitrogens is 1. The Morgan fingerprint density at radius 2 is 1.73 bits per heavy atom. The summed E-state index contributed by atoms with van der Waals surface area (Å²) in [6, 6.07) is 14.3. The lowest BCUT2D eigenvalue weighted by Gasteiger charge is -2.12. The van der Waals surface area contributed by atoms with E-state index in [0.717, 1.165) is 23.1 Å². The van der Waals surface area contributed by atoms with E-state index in [1.54, 1.807) is 49.7 Å². The molecule has 0 atom stereocenters. The molecule has 0 saturated carbocycles. The van der Waals surface area contributed by atoms with Crippen LogP contribution in [-0.4, -0.2) is 62.0 Å². The van der Waals surface area contributed by atoms with Crippen LogP contribution in [0.15, 0.2) is 66.9 Å². The summed E-state index contributed by atoms with van der Waals surface area (Å²) in [5, 5.41) is 12.7. The number of rotatable bonds is 12. The summed E-state index contributed by atoms with van der Waals surface area (Å²) >= 11 is 0. The number of aromatic nitrogens is 2.